The van der Waals surface area contributed by atoms with Gasteiger partial charge >= 0.3 is 0 Å². The Hall–Kier alpha value is -2.82. The molecule has 0 aromatic heterocycles. The molecule has 2 amide bonds. The number of nitrogens with one attached hydrogen (secondary N) is 2. The predicted molar refractivity (Wildman–Crippen MR) is 88.6 cm³/mol. The lowest BCUT2D eigenvalue weighted by atomic mass is 10.1. The van der Waals surface area contributed by atoms with Crippen LogP contribution in [-0.4, -0.2) is 17.9 Å². The van der Waals surface area contributed by atoms with E-state index in [1.807, 2.05) is 36.4 Å². The van der Waals surface area contributed by atoms with E-state index in [1.54, 1.807) is 12.1 Å². The van der Waals surface area contributed by atoms with Gasteiger partial charge in [-0.15, -0.1) is 0 Å². The van der Waals surface area contributed by atoms with Crippen LogP contribution >= 0.6 is 0 Å². The smallest absolute Gasteiger partial charge is 0.266 e. The molecule has 5 nitrogen and oxygen atoms in total. The Kier molecular flexibility index (Phi) is 4.28. The second-order valence-corrected chi connectivity index (χ2v) is 5.39. The first-order chi connectivity index (χ1) is 11.2. The summed E-state index contributed by atoms with van der Waals surface area (Å²) in [6, 6.07) is 14.8. The Balaban J connectivity index is 1.62. The van der Waals surface area contributed by atoms with Crippen molar-refractivity contribution in [2.75, 3.05) is 10.6 Å². The molecule has 0 fully saturated rings. The molecule has 0 spiro atoms. The van der Waals surface area contributed by atoms with Crippen molar-refractivity contribution in [1.82, 2.24) is 0 Å². The first kappa shape index (κ1) is 15.1. The van der Waals surface area contributed by atoms with Gasteiger partial charge in [0.25, 0.3) is 5.91 Å². The van der Waals surface area contributed by atoms with Crippen LogP contribution in [0.5, 0.6) is 5.75 Å². The fourth-order valence-corrected chi connectivity index (χ4v) is 2.43. The zero-order valence-electron chi connectivity index (χ0n) is 12.8. The predicted octanol–water partition coefficient (Wildman–Crippen LogP) is 2.98. The van der Waals surface area contributed by atoms with Gasteiger partial charge in [0.05, 0.1) is 12.1 Å². The molecule has 1 heterocycles. The van der Waals surface area contributed by atoms with E-state index in [1.165, 1.54) is 5.56 Å². The maximum atomic E-state index is 12.1. The van der Waals surface area contributed by atoms with Crippen molar-refractivity contribution >= 4 is 23.2 Å². The number of rotatable bonds is 4. The van der Waals surface area contributed by atoms with Gasteiger partial charge in [0.2, 0.25) is 5.91 Å². The third-order valence-corrected chi connectivity index (χ3v) is 3.72. The summed E-state index contributed by atoms with van der Waals surface area (Å²) in [5.74, 6) is 0.0196. The summed E-state index contributed by atoms with van der Waals surface area (Å²) in [5.41, 5.74) is 2.54. The van der Waals surface area contributed by atoms with Crippen molar-refractivity contribution in [3.63, 3.8) is 0 Å². The Morgan fingerprint density at radius 2 is 1.91 bits per heavy atom. The summed E-state index contributed by atoms with van der Waals surface area (Å²) in [6.45, 7) is 2.07. The number of aryl methyl sites for hydroxylation is 1. The Morgan fingerprint density at radius 1 is 1.17 bits per heavy atom. The highest BCUT2D eigenvalue weighted by atomic mass is 16.5. The van der Waals surface area contributed by atoms with Gasteiger partial charge in [0.1, 0.15) is 5.75 Å². The van der Waals surface area contributed by atoms with Crippen LogP contribution in [0.3, 0.4) is 0 Å². The number of carbonyl (C=O) groups excluding carboxylic acids is 2. The van der Waals surface area contributed by atoms with Gasteiger partial charge in [-0.2, -0.15) is 0 Å². The van der Waals surface area contributed by atoms with E-state index in [0.29, 0.717) is 17.1 Å². The highest BCUT2D eigenvalue weighted by Gasteiger charge is 2.29. The summed E-state index contributed by atoms with van der Waals surface area (Å²) < 4.78 is 5.62. The summed E-state index contributed by atoms with van der Waals surface area (Å²) in [4.78, 5) is 24.1. The Bertz CT molecular complexity index is 725. The number of fused-ring (bicyclic) bond motifs is 1. The van der Waals surface area contributed by atoms with Crippen LogP contribution < -0.4 is 15.4 Å². The van der Waals surface area contributed by atoms with Crippen molar-refractivity contribution in [2.45, 2.75) is 25.9 Å². The van der Waals surface area contributed by atoms with Gasteiger partial charge in [-0.1, -0.05) is 31.2 Å². The number of ether oxygens (including phenoxy) is 1. The van der Waals surface area contributed by atoms with Gasteiger partial charge in [-0.05, 0) is 36.2 Å². The van der Waals surface area contributed by atoms with Gasteiger partial charge in [-0.25, -0.2) is 0 Å². The molecule has 118 valence electrons. The minimum absolute atomic E-state index is 0.0320. The lowest BCUT2D eigenvalue weighted by Gasteiger charge is -2.25. The zero-order chi connectivity index (χ0) is 16.2. The largest absolute Gasteiger partial charge is 0.478 e. The van der Waals surface area contributed by atoms with Crippen LogP contribution in [0, 0.1) is 0 Å². The summed E-state index contributed by atoms with van der Waals surface area (Å²) in [6.07, 6.45) is 0.0965. The fourth-order valence-electron chi connectivity index (χ4n) is 2.43. The molecule has 0 aliphatic carbocycles. The van der Waals surface area contributed by atoms with Crippen molar-refractivity contribution in [3.05, 3.63) is 54.1 Å². The first-order valence-electron chi connectivity index (χ1n) is 7.61. The van der Waals surface area contributed by atoms with Gasteiger partial charge in [-0.3, -0.25) is 9.59 Å². The van der Waals surface area contributed by atoms with Crippen LogP contribution in [0.2, 0.25) is 0 Å². The molecule has 0 unspecified atom stereocenters. The van der Waals surface area contributed by atoms with Crippen molar-refractivity contribution in [2.24, 2.45) is 0 Å². The van der Waals surface area contributed by atoms with Crippen LogP contribution in [0.15, 0.2) is 48.5 Å². The van der Waals surface area contributed by atoms with E-state index < -0.39 is 6.10 Å². The second kappa shape index (κ2) is 6.52. The molecule has 0 radical (unpaired) electrons. The standard InChI is InChI=1S/C18H18N2O3/c1-2-12-7-9-13(10-8-12)19-17(21)11-16-18(22)20-14-5-3-4-6-15(14)23-16/h3-10,16H,2,11H2,1H3,(H,19,21)(H,20,22)/t16-/m0/s1. The van der Waals surface area contributed by atoms with Gasteiger partial charge in [0.15, 0.2) is 6.10 Å². The molecule has 2 aromatic rings. The van der Waals surface area contributed by atoms with Crippen LogP contribution in [-0.2, 0) is 16.0 Å². The molecule has 0 bridgehead atoms. The number of hydrogen-bond donors (Lipinski definition) is 2. The molecule has 2 aromatic carbocycles. The van der Waals surface area contributed by atoms with Crippen LogP contribution in [0.25, 0.3) is 0 Å². The molecule has 5 heteroatoms. The number of carbonyl (C=O) groups is 2. The molecule has 23 heavy (non-hydrogen) atoms. The SMILES string of the molecule is CCc1ccc(NC(=O)C[C@@H]2Oc3ccccc3NC2=O)cc1. The van der Waals surface area contributed by atoms with E-state index in [2.05, 4.69) is 17.6 Å². The van der Waals surface area contributed by atoms with Gasteiger partial charge in [0, 0.05) is 5.69 Å². The maximum absolute atomic E-state index is 12.1. The van der Waals surface area contributed by atoms with Crippen LogP contribution in [0.1, 0.15) is 18.9 Å². The lowest BCUT2D eigenvalue weighted by Crippen LogP contribution is -2.39. The van der Waals surface area contributed by atoms with Crippen molar-refractivity contribution < 1.29 is 14.3 Å². The van der Waals surface area contributed by atoms with Gasteiger partial charge < -0.3 is 15.4 Å². The minimum Gasteiger partial charge on any atom is -0.478 e. The van der Waals surface area contributed by atoms with E-state index in [-0.39, 0.29) is 18.2 Å². The minimum atomic E-state index is -0.820. The van der Waals surface area contributed by atoms with E-state index in [4.69, 9.17) is 4.74 Å². The normalized spacial score (nSPS) is 16.0. The highest BCUT2D eigenvalue weighted by Crippen LogP contribution is 2.29. The molecule has 1 atom stereocenters. The molecular formula is C18H18N2O3. The second-order valence-electron chi connectivity index (χ2n) is 5.39. The molecule has 0 saturated carbocycles. The average molecular weight is 310 g/mol. The molecule has 3 rings (SSSR count). The number of para-hydroxylation sites is 2. The number of amides is 2. The molecule has 1 aliphatic heterocycles. The van der Waals surface area contributed by atoms with Crippen molar-refractivity contribution in [1.29, 1.82) is 0 Å². The molecule has 2 N–H and O–H groups in total. The highest BCUT2D eigenvalue weighted by molar-refractivity contribution is 6.01. The zero-order valence-corrected chi connectivity index (χ0v) is 12.8. The summed E-state index contributed by atoms with van der Waals surface area (Å²) >= 11 is 0. The monoisotopic (exact) mass is 310 g/mol. The Labute approximate surface area is 134 Å². The first-order valence-corrected chi connectivity index (χ1v) is 7.61. The van der Waals surface area contributed by atoms with Crippen molar-refractivity contribution in [3.8, 4) is 5.75 Å². The third kappa shape index (κ3) is 3.51. The quantitative estimate of drug-likeness (QED) is 0.912. The number of benzene rings is 2. The van der Waals surface area contributed by atoms with Crippen LogP contribution in [0.4, 0.5) is 11.4 Å². The molecule has 0 saturated heterocycles. The topological polar surface area (TPSA) is 67.4 Å². The summed E-state index contributed by atoms with van der Waals surface area (Å²) in [5, 5.41) is 5.54. The third-order valence-electron chi connectivity index (χ3n) is 3.72. The molecule has 1 aliphatic rings. The number of hydrogen-bond acceptors (Lipinski definition) is 3. The maximum Gasteiger partial charge on any atom is 0.266 e. The average Bonchev–Trinajstić information content (AvgIpc) is 2.56. The lowest BCUT2D eigenvalue weighted by molar-refractivity contribution is -0.128. The summed E-state index contributed by atoms with van der Waals surface area (Å²) in [7, 11) is 0. The van der Waals surface area contributed by atoms with E-state index in [0.717, 1.165) is 6.42 Å². The molecular weight excluding hydrogens is 292 g/mol. The number of anilines is 2. The fraction of sp³-hybridized carbons (Fsp3) is 0.222. The Morgan fingerprint density at radius 3 is 2.65 bits per heavy atom. The van der Waals surface area contributed by atoms with E-state index >= 15 is 0 Å². The van der Waals surface area contributed by atoms with E-state index in [9.17, 15) is 9.59 Å².